The summed E-state index contributed by atoms with van der Waals surface area (Å²) in [6, 6.07) is 0. The number of hydrogen-bond donors (Lipinski definition) is 1. The highest BCUT2D eigenvalue weighted by Crippen LogP contribution is 2.28. The van der Waals surface area contributed by atoms with E-state index in [4.69, 9.17) is 0 Å². The summed E-state index contributed by atoms with van der Waals surface area (Å²) in [6.45, 7) is 12.8. The number of allylic oxidation sites excluding steroid dienone is 3. The lowest BCUT2D eigenvalue weighted by Gasteiger charge is -2.22. The number of aliphatic hydroxyl groups is 1. The van der Waals surface area contributed by atoms with Crippen molar-refractivity contribution in [2.45, 2.75) is 54.1 Å². The first kappa shape index (κ1) is 14.4. The monoisotopic (exact) mass is 210 g/mol. The molecule has 0 fully saturated rings. The van der Waals surface area contributed by atoms with Crippen LogP contribution in [0.25, 0.3) is 0 Å². The van der Waals surface area contributed by atoms with Crippen molar-refractivity contribution in [2.24, 2.45) is 11.3 Å². The van der Waals surface area contributed by atoms with Gasteiger partial charge in [-0.3, -0.25) is 0 Å². The molecule has 0 aromatic carbocycles. The minimum absolute atomic E-state index is 0.148. The quantitative estimate of drug-likeness (QED) is 0.697. The summed E-state index contributed by atoms with van der Waals surface area (Å²) in [5, 5.41) is 9.24. The number of hydrogen-bond acceptors (Lipinski definition) is 1. The predicted octanol–water partition coefficient (Wildman–Crippen LogP) is 3.94. The SMILES string of the molecule is CCC(C)/C=C(/C=C/C(C)O)C(C)(C)C. The van der Waals surface area contributed by atoms with Gasteiger partial charge < -0.3 is 5.11 Å². The Morgan fingerprint density at radius 2 is 1.80 bits per heavy atom. The minimum atomic E-state index is -0.368. The van der Waals surface area contributed by atoms with E-state index in [1.54, 1.807) is 6.92 Å². The maximum Gasteiger partial charge on any atom is 0.0695 e. The van der Waals surface area contributed by atoms with Gasteiger partial charge in [0.1, 0.15) is 0 Å². The maximum absolute atomic E-state index is 9.24. The minimum Gasteiger partial charge on any atom is -0.389 e. The van der Waals surface area contributed by atoms with Gasteiger partial charge in [-0.25, -0.2) is 0 Å². The molecule has 0 saturated heterocycles. The summed E-state index contributed by atoms with van der Waals surface area (Å²) in [6.07, 6.45) is 6.99. The lowest BCUT2D eigenvalue weighted by molar-refractivity contribution is 0.244. The third kappa shape index (κ3) is 6.51. The van der Waals surface area contributed by atoms with Crippen LogP contribution in [0, 0.1) is 11.3 Å². The van der Waals surface area contributed by atoms with Crippen molar-refractivity contribution in [3.05, 3.63) is 23.8 Å². The van der Waals surface area contributed by atoms with Gasteiger partial charge in [0.25, 0.3) is 0 Å². The fourth-order valence-electron chi connectivity index (χ4n) is 1.22. The van der Waals surface area contributed by atoms with Crippen LogP contribution in [0.3, 0.4) is 0 Å². The lowest BCUT2D eigenvalue weighted by atomic mass is 9.84. The molecule has 88 valence electrons. The molecule has 0 aliphatic carbocycles. The van der Waals surface area contributed by atoms with Crippen LogP contribution in [0.2, 0.25) is 0 Å². The van der Waals surface area contributed by atoms with Crippen molar-refractivity contribution in [1.82, 2.24) is 0 Å². The first-order valence-electron chi connectivity index (χ1n) is 5.86. The summed E-state index contributed by atoms with van der Waals surface area (Å²) in [5.41, 5.74) is 1.45. The summed E-state index contributed by atoms with van der Waals surface area (Å²) < 4.78 is 0. The van der Waals surface area contributed by atoms with Crippen molar-refractivity contribution in [1.29, 1.82) is 0 Å². The van der Waals surface area contributed by atoms with Crippen molar-refractivity contribution in [3.63, 3.8) is 0 Å². The van der Waals surface area contributed by atoms with Crippen LogP contribution >= 0.6 is 0 Å². The molecule has 2 atom stereocenters. The number of aliphatic hydroxyl groups excluding tert-OH is 1. The molecule has 0 saturated carbocycles. The topological polar surface area (TPSA) is 20.2 Å². The summed E-state index contributed by atoms with van der Waals surface area (Å²) in [5.74, 6) is 0.595. The van der Waals surface area contributed by atoms with Crippen LogP contribution in [-0.2, 0) is 0 Å². The molecular formula is C14H26O. The molecule has 0 aromatic rings. The van der Waals surface area contributed by atoms with Gasteiger partial charge >= 0.3 is 0 Å². The lowest BCUT2D eigenvalue weighted by Crippen LogP contribution is -2.09. The second-order valence-electron chi connectivity index (χ2n) is 5.36. The van der Waals surface area contributed by atoms with E-state index >= 15 is 0 Å². The molecule has 1 N–H and O–H groups in total. The molecule has 1 heteroatoms. The molecule has 1 nitrogen and oxygen atoms in total. The highest BCUT2D eigenvalue weighted by Gasteiger charge is 2.15. The first-order chi connectivity index (χ1) is 6.77. The third-order valence-corrected chi connectivity index (χ3v) is 2.53. The van der Waals surface area contributed by atoms with E-state index in [1.165, 1.54) is 5.57 Å². The first-order valence-corrected chi connectivity index (χ1v) is 5.86. The Morgan fingerprint density at radius 3 is 2.13 bits per heavy atom. The Hall–Kier alpha value is -0.560. The van der Waals surface area contributed by atoms with Crippen molar-refractivity contribution in [3.8, 4) is 0 Å². The van der Waals surface area contributed by atoms with Crippen LogP contribution in [0.5, 0.6) is 0 Å². The summed E-state index contributed by atoms with van der Waals surface area (Å²) in [7, 11) is 0. The Kier molecular flexibility index (Phi) is 5.89. The molecule has 15 heavy (non-hydrogen) atoms. The average molecular weight is 210 g/mol. The Morgan fingerprint density at radius 1 is 1.27 bits per heavy atom. The normalized spacial score (nSPS) is 18.2. The zero-order valence-electron chi connectivity index (χ0n) is 11.0. The van der Waals surface area contributed by atoms with E-state index in [-0.39, 0.29) is 11.5 Å². The molecule has 0 heterocycles. The van der Waals surface area contributed by atoms with Gasteiger partial charge in [0.2, 0.25) is 0 Å². The fourth-order valence-corrected chi connectivity index (χ4v) is 1.22. The van der Waals surface area contributed by atoms with Gasteiger partial charge in [-0.2, -0.15) is 0 Å². The molecule has 0 radical (unpaired) electrons. The van der Waals surface area contributed by atoms with Crippen molar-refractivity contribution in [2.75, 3.05) is 0 Å². The van der Waals surface area contributed by atoms with Gasteiger partial charge in [-0.05, 0) is 23.8 Å². The van der Waals surface area contributed by atoms with E-state index in [0.29, 0.717) is 5.92 Å². The van der Waals surface area contributed by atoms with Crippen LogP contribution < -0.4 is 0 Å². The molecule has 0 spiro atoms. The van der Waals surface area contributed by atoms with Gasteiger partial charge in [0.15, 0.2) is 0 Å². The highest BCUT2D eigenvalue weighted by atomic mass is 16.3. The maximum atomic E-state index is 9.24. The molecule has 0 aliphatic heterocycles. The van der Waals surface area contributed by atoms with Crippen LogP contribution in [0.15, 0.2) is 23.8 Å². The van der Waals surface area contributed by atoms with E-state index < -0.39 is 0 Å². The molecule has 2 unspecified atom stereocenters. The molecule has 0 rings (SSSR count). The standard InChI is InChI=1S/C14H26O/c1-7-11(2)10-13(14(4,5)6)9-8-12(3)15/h8-12,15H,7H2,1-6H3/b9-8+,13-10-. The zero-order chi connectivity index (χ0) is 12.1. The Balaban J connectivity index is 4.83. The Labute approximate surface area is 94.9 Å². The van der Waals surface area contributed by atoms with Gasteiger partial charge in [-0.1, -0.05) is 59.3 Å². The largest absolute Gasteiger partial charge is 0.389 e. The molecule has 0 bridgehead atoms. The van der Waals surface area contributed by atoms with E-state index in [1.807, 2.05) is 6.08 Å². The fraction of sp³-hybridized carbons (Fsp3) is 0.714. The Bertz CT molecular complexity index is 228. The highest BCUT2D eigenvalue weighted by molar-refractivity contribution is 5.25. The molecule has 0 aliphatic rings. The second-order valence-corrected chi connectivity index (χ2v) is 5.36. The average Bonchev–Trinajstić information content (AvgIpc) is 2.09. The zero-order valence-corrected chi connectivity index (χ0v) is 11.0. The van der Waals surface area contributed by atoms with E-state index in [0.717, 1.165) is 6.42 Å². The summed E-state index contributed by atoms with van der Waals surface area (Å²) in [4.78, 5) is 0. The molecule has 0 amide bonds. The summed E-state index contributed by atoms with van der Waals surface area (Å²) >= 11 is 0. The van der Waals surface area contributed by atoms with E-state index in [9.17, 15) is 5.11 Å². The van der Waals surface area contributed by atoms with Crippen LogP contribution in [0.4, 0.5) is 0 Å². The van der Waals surface area contributed by atoms with Gasteiger partial charge in [0, 0.05) is 0 Å². The van der Waals surface area contributed by atoms with Crippen LogP contribution in [0.1, 0.15) is 48.0 Å². The van der Waals surface area contributed by atoms with Gasteiger partial charge in [0.05, 0.1) is 6.10 Å². The second kappa shape index (κ2) is 6.12. The number of rotatable bonds is 4. The third-order valence-electron chi connectivity index (χ3n) is 2.53. The van der Waals surface area contributed by atoms with Crippen LogP contribution in [-0.4, -0.2) is 11.2 Å². The molecular weight excluding hydrogens is 184 g/mol. The van der Waals surface area contributed by atoms with Gasteiger partial charge in [-0.15, -0.1) is 0 Å². The van der Waals surface area contributed by atoms with Crippen molar-refractivity contribution >= 4 is 0 Å². The predicted molar refractivity (Wildman–Crippen MR) is 67.8 cm³/mol. The van der Waals surface area contributed by atoms with E-state index in [2.05, 4.69) is 46.8 Å². The smallest absolute Gasteiger partial charge is 0.0695 e. The molecule has 0 aromatic heterocycles. The van der Waals surface area contributed by atoms with Crippen molar-refractivity contribution < 1.29 is 5.11 Å².